The van der Waals surface area contributed by atoms with E-state index in [4.69, 9.17) is 19.7 Å². The van der Waals surface area contributed by atoms with Gasteiger partial charge in [0.15, 0.2) is 0 Å². The second kappa shape index (κ2) is 8.72. The van der Waals surface area contributed by atoms with Gasteiger partial charge in [-0.25, -0.2) is 9.59 Å². The number of primary amides is 1. The van der Waals surface area contributed by atoms with Crippen LogP contribution in [0.15, 0.2) is 28.8 Å². The van der Waals surface area contributed by atoms with Crippen molar-refractivity contribution >= 4 is 12.0 Å². The summed E-state index contributed by atoms with van der Waals surface area (Å²) >= 11 is 0. The van der Waals surface area contributed by atoms with Crippen molar-refractivity contribution in [1.82, 2.24) is 10.5 Å². The van der Waals surface area contributed by atoms with Gasteiger partial charge < -0.3 is 25.0 Å². The van der Waals surface area contributed by atoms with Crippen LogP contribution in [0.25, 0.3) is 0 Å². The maximum atomic E-state index is 11.9. The Balaban J connectivity index is 1.79. The van der Waals surface area contributed by atoms with Crippen molar-refractivity contribution in [2.75, 3.05) is 13.2 Å². The fourth-order valence-corrected chi connectivity index (χ4v) is 2.08. The Morgan fingerprint density at radius 3 is 2.56 bits per heavy atom. The van der Waals surface area contributed by atoms with E-state index in [-0.39, 0.29) is 6.61 Å². The zero-order chi connectivity index (χ0) is 18.2. The number of rotatable bonds is 8. The van der Waals surface area contributed by atoms with Crippen molar-refractivity contribution in [3.8, 4) is 5.75 Å². The van der Waals surface area contributed by atoms with Crippen LogP contribution in [0.1, 0.15) is 33.8 Å². The molecule has 0 fully saturated rings. The minimum Gasteiger partial charge on any atom is -0.489 e. The quantitative estimate of drug-likeness (QED) is 0.558. The first-order valence-electron chi connectivity index (χ1n) is 7.82. The molecule has 0 aliphatic heterocycles. The van der Waals surface area contributed by atoms with Crippen molar-refractivity contribution in [1.29, 1.82) is 0 Å². The number of carbonyl (C=O) groups excluding carboxylic acids is 2. The normalized spacial score (nSPS) is 10.3. The molecule has 1 aromatic heterocycles. The maximum Gasteiger partial charge on any atom is 0.338 e. The fourth-order valence-electron chi connectivity index (χ4n) is 2.08. The maximum absolute atomic E-state index is 11.9. The molecule has 0 spiro atoms. The minimum absolute atomic E-state index is 0.198. The Hall–Kier alpha value is -3.03. The van der Waals surface area contributed by atoms with E-state index < -0.39 is 12.0 Å². The van der Waals surface area contributed by atoms with Gasteiger partial charge in [-0.05, 0) is 44.5 Å². The predicted molar refractivity (Wildman–Crippen MR) is 89.2 cm³/mol. The molecule has 0 unspecified atom stereocenters. The number of hydrogen-bond donors (Lipinski definition) is 2. The third kappa shape index (κ3) is 5.52. The van der Waals surface area contributed by atoms with E-state index in [2.05, 4.69) is 10.5 Å². The number of urea groups is 1. The number of ether oxygens (including phenoxy) is 2. The zero-order valence-corrected chi connectivity index (χ0v) is 14.2. The smallest absolute Gasteiger partial charge is 0.338 e. The molecule has 1 aromatic carbocycles. The fraction of sp³-hybridized carbons (Fsp3) is 0.353. The second-order valence-electron chi connectivity index (χ2n) is 5.40. The Bertz CT molecular complexity index is 705. The van der Waals surface area contributed by atoms with E-state index in [9.17, 15) is 9.59 Å². The average molecular weight is 347 g/mol. The number of esters is 1. The molecule has 2 amide bonds. The molecule has 1 heterocycles. The van der Waals surface area contributed by atoms with Crippen molar-refractivity contribution in [3.63, 3.8) is 0 Å². The topological polar surface area (TPSA) is 117 Å². The molecule has 8 nitrogen and oxygen atoms in total. The molecule has 134 valence electrons. The van der Waals surface area contributed by atoms with E-state index in [1.165, 1.54) is 0 Å². The number of nitrogens with zero attached hydrogens (tertiary/aromatic N) is 1. The van der Waals surface area contributed by atoms with Crippen LogP contribution >= 0.6 is 0 Å². The van der Waals surface area contributed by atoms with Crippen LogP contribution in [-0.2, 0) is 11.3 Å². The Morgan fingerprint density at radius 1 is 1.24 bits per heavy atom. The molecule has 3 N–H and O–H groups in total. The average Bonchev–Trinajstić information content (AvgIpc) is 2.91. The monoisotopic (exact) mass is 347 g/mol. The molecule has 0 bridgehead atoms. The number of benzene rings is 1. The number of nitrogens with two attached hydrogens (primary N) is 1. The molecule has 0 saturated carbocycles. The van der Waals surface area contributed by atoms with Crippen molar-refractivity contribution in [3.05, 3.63) is 46.8 Å². The molecule has 0 saturated heterocycles. The first-order chi connectivity index (χ1) is 12.0. The van der Waals surface area contributed by atoms with Crippen LogP contribution in [-0.4, -0.2) is 30.3 Å². The summed E-state index contributed by atoms with van der Waals surface area (Å²) < 4.78 is 15.9. The van der Waals surface area contributed by atoms with Gasteiger partial charge in [0.2, 0.25) is 0 Å². The largest absolute Gasteiger partial charge is 0.489 e. The summed E-state index contributed by atoms with van der Waals surface area (Å²) in [5, 5.41) is 6.29. The van der Waals surface area contributed by atoms with Gasteiger partial charge in [0.25, 0.3) is 0 Å². The highest BCUT2D eigenvalue weighted by molar-refractivity contribution is 5.89. The number of carbonyl (C=O) groups is 2. The van der Waals surface area contributed by atoms with E-state index in [0.29, 0.717) is 30.9 Å². The molecule has 25 heavy (non-hydrogen) atoms. The molecule has 8 heteroatoms. The van der Waals surface area contributed by atoms with Crippen LogP contribution in [0.2, 0.25) is 0 Å². The Labute approximate surface area is 145 Å². The molecule has 0 atom stereocenters. The molecule has 0 aliphatic carbocycles. The van der Waals surface area contributed by atoms with E-state index in [0.717, 1.165) is 17.0 Å². The summed E-state index contributed by atoms with van der Waals surface area (Å²) in [7, 11) is 0. The number of aromatic nitrogens is 1. The SMILES string of the molecule is Cc1noc(C)c1COc1ccc(C(=O)OCCCNC(N)=O)cc1. The van der Waals surface area contributed by atoms with Gasteiger partial charge >= 0.3 is 12.0 Å². The molecular weight excluding hydrogens is 326 g/mol. The van der Waals surface area contributed by atoms with Crippen molar-refractivity contribution < 1.29 is 23.6 Å². The summed E-state index contributed by atoms with van der Waals surface area (Å²) in [5.74, 6) is 0.919. The third-order valence-electron chi connectivity index (χ3n) is 3.51. The van der Waals surface area contributed by atoms with Gasteiger partial charge in [0, 0.05) is 6.54 Å². The molecule has 0 aliphatic rings. The van der Waals surface area contributed by atoms with Crippen molar-refractivity contribution in [2.45, 2.75) is 26.9 Å². The predicted octanol–water partition coefficient (Wildman–Crippen LogP) is 2.09. The highest BCUT2D eigenvalue weighted by Gasteiger charge is 2.10. The summed E-state index contributed by atoms with van der Waals surface area (Å²) in [6, 6.07) is 6.06. The number of nitrogens with one attached hydrogen (secondary N) is 1. The van der Waals surface area contributed by atoms with Gasteiger partial charge in [0.05, 0.1) is 23.4 Å². The summed E-state index contributed by atoms with van der Waals surface area (Å²) in [4.78, 5) is 22.4. The first-order valence-corrected chi connectivity index (χ1v) is 7.82. The Kier molecular flexibility index (Phi) is 6.39. The lowest BCUT2D eigenvalue weighted by atomic mass is 10.2. The number of amides is 2. The van der Waals surface area contributed by atoms with Gasteiger partial charge in [0.1, 0.15) is 18.1 Å². The lowest BCUT2D eigenvalue weighted by Crippen LogP contribution is -2.30. The van der Waals surface area contributed by atoms with E-state index in [1.807, 2.05) is 13.8 Å². The molecule has 2 rings (SSSR count). The zero-order valence-electron chi connectivity index (χ0n) is 14.2. The van der Waals surface area contributed by atoms with Crippen LogP contribution in [0, 0.1) is 13.8 Å². The first kappa shape index (κ1) is 18.3. The van der Waals surface area contributed by atoms with Crippen LogP contribution in [0.3, 0.4) is 0 Å². The molecule has 2 aromatic rings. The lowest BCUT2D eigenvalue weighted by Gasteiger charge is -2.08. The third-order valence-corrected chi connectivity index (χ3v) is 3.51. The second-order valence-corrected chi connectivity index (χ2v) is 5.40. The van der Waals surface area contributed by atoms with Crippen LogP contribution in [0.4, 0.5) is 4.79 Å². The van der Waals surface area contributed by atoms with E-state index >= 15 is 0 Å². The van der Waals surface area contributed by atoms with Gasteiger partial charge in [-0.3, -0.25) is 0 Å². The standard InChI is InChI=1S/C17H21N3O5/c1-11-15(12(2)25-20-11)10-24-14-6-4-13(5-7-14)16(21)23-9-3-8-19-17(18)22/h4-7H,3,8-10H2,1-2H3,(H3,18,19,22). The highest BCUT2D eigenvalue weighted by Crippen LogP contribution is 2.18. The van der Waals surface area contributed by atoms with Crippen molar-refractivity contribution in [2.24, 2.45) is 5.73 Å². The van der Waals surface area contributed by atoms with E-state index in [1.54, 1.807) is 24.3 Å². The Morgan fingerprint density at radius 2 is 1.96 bits per heavy atom. The highest BCUT2D eigenvalue weighted by atomic mass is 16.5. The van der Waals surface area contributed by atoms with Gasteiger partial charge in [-0.15, -0.1) is 0 Å². The summed E-state index contributed by atoms with van der Waals surface area (Å²) in [6.45, 7) is 4.59. The summed E-state index contributed by atoms with van der Waals surface area (Å²) in [6.07, 6.45) is 0.493. The lowest BCUT2D eigenvalue weighted by molar-refractivity contribution is 0.0501. The number of aryl methyl sites for hydroxylation is 2. The summed E-state index contributed by atoms with van der Waals surface area (Å²) in [5.41, 5.74) is 7.06. The number of hydrogen-bond acceptors (Lipinski definition) is 6. The van der Waals surface area contributed by atoms with Crippen LogP contribution < -0.4 is 15.8 Å². The molecular formula is C17H21N3O5. The van der Waals surface area contributed by atoms with Crippen LogP contribution in [0.5, 0.6) is 5.75 Å². The van der Waals surface area contributed by atoms with Gasteiger partial charge in [-0.1, -0.05) is 5.16 Å². The minimum atomic E-state index is -0.599. The molecule has 0 radical (unpaired) electrons. The van der Waals surface area contributed by atoms with Gasteiger partial charge in [-0.2, -0.15) is 0 Å².